The highest BCUT2D eigenvalue weighted by molar-refractivity contribution is 5.54. The third-order valence-electron chi connectivity index (χ3n) is 2.75. The van der Waals surface area contributed by atoms with E-state index in [9.17, 15) is 4.39 Å². The van der Waals surface area contributed by atoms with Crippen LogP contribution in [0.1, 0.15) is 11.3 Å². The normalized spacial score (nSPS) is 10.9. The van der Waals surface area contributed by atoms with Gasteiger partial charge in [0.2, 0.25) is 5.89 Å². The Hall–Kier alpha value is -1.72. The van der Waals surface area contributed by atoms with Crippen molar-refractivity contribution in [1.82, 2.24) is 10.3 Å². The minimum absolute atomic E-state index is 0.225. The van der Waals surface area contributed by atoms with Gasteiger partial charge in [-0.2, -0.15) is 0 Å². The number of nitrogens with zero attached hydrogens (tertiary/aromatic N) is 1. The fourth-order valence-electron chi connectivity index (χ4n) is 1.69. The number of rotatable bonds is 6. The van der Waals surface area contributed by atoms with E-state index in [1.54, 1.807) is 32.4 Å². The average Bonchev–Trinajstić information content (AvgIpc) is 2.87. The molecule has 0 saturated heterocycles. The number of nitrogens with one attached hydrogen (secondary N) is 1. The van der Waals surface area contributed by atoms with Crippen molar-refractivity contribution < 1.29 is 13.5 Å². The fraction of sp³-hybridized carbons (Fsp3) is 0.357. The van der Waals surface area contributed by atoms with Crippen LogP contribution in [0.15, 0.2) is 28.9 Å². The van der Waals surface area contributed by atoms with Crippen LogP contribution in [0, 0.1) is 12.7 Å². The molecule has 0 bridgehead atoms. The molecule has 2 aromatic rings. The molecule has 5 heteroatoms. The first-order valence-corrected chi connectivity index (χ1v) is 6.11. The van der Waals surface area contributed by atoms with Crippen LogP contribution in [0.4, 0.5) is 4.39 Å². The molecule has 0 spiro atoms. The number of ether oxygens (including phenoxy) is 1. The molecule has 0 amide bonds. The van der Waals surface area contributed by atoms with Crippen molar-refractivity contribution >= 4 is 0 Å². The quantitative estimate of drug-likeness (QED) is 0.814. The predicted octanol–water partition coefficient (Wildman–Crippen LogP) is 2.53. The van der Waals surface area contributed by atoms with Crippen molar-refractivity contribution in [2.24, 2.45) is 0 Å². The third kappa shape index (κ3) is 3.62. The number of benzene rings is 1. The smallest absolute Gasteiger partial charge is 0.226 e. The van der Waals surface area contributed by atoms with E-state index in [4.69, 9.17) is 9.15 Å². The lowest BCUT2D eigenvalue weighted by Crippen LogP contribution is -2.18. The van der Waals surface area contributed by atoms with Crippen LogP contribution in [0.3, 0.4) is 0 Å². The lowest BCUT2D eigenvalue weighted by Gasteiger charge is -2.00. The fourth-order valence-corrected chi connectivity index (χ4v) is 1.69. The predicted molar refractivity (Wildman–Crippen MR) is 70.2 cm³/mol. The van der Waals surface area contributed by atoms with Crippen molar-refractivity contribution in [3.63, 3.8) is 0 Å². The zero-order chi connectivity index (χ0) is 13.7. The minimum atomic E-state index is -0.225. The van der Waals surface area contributed by atoms with Crippen molar-refractivity contribution in [3.8, 4) is 11.5 Å². The number of hydrogen-bond acceptors (Lipinski definition) is 4. The van der Waals surface area contributed by atoms with Crippen molar-refractivity contribution in [1.29, 1.82) is 0 Å². The van der Waals surface area contributed by atoms with Gasteiger partial charge in [0.25, 0.3) is 0 Å². The SMILES string of the molecule is COCCNCc1coc(-c2ccc(F)c(C)c2)n1. The van der Waals surface area contributed by atoms with E-state index >= 15 is 0 Å². The maximum atomic E-state index is 13.2. The monoisotopic (exact) mass is 264 g/mol. The van der Waals surface area contributed by atoms with Crippen LogP contribution in [0.5, 0.6) is 0 Å². The van der Waals surface area contributed by atoms with Gasteiger partial charge in [-0.15, -0.1) is 0 Å². The van der Waals surface area contributed by atoms with Crippen LogP contribution in [-0.2, 0) is 11.3 Å². The molecule has 0 saturated carbocycles. The van der Waals surface area contributed by atoms with E-state index in [0.717, 1.165) is 17.8 Å². The first-order chi connectivity index (χ1) is 9.20. The average molecular weight is 264 g/mol. The first-order valence-electron chi connectivity index (χ1n) is 6.11. The van der Waals surface area contributed by atoms with Gasteiger partial charge >= 0.3 is 0 Å². The summed E-state index contributed by atoms with van der Waals surface area (Å²) in [4.78, 5) is 4.36. The first kappa shape index (κ1) is 13.7. The van der Waals surface area contributed by atoms with Gasteiger partial charge in [0, 0.05) is 25.8 Å². The van der Waals surface area contributed by atoms with Crippen molar-refractivity contribution in [2.45, 2.75) is 13.5 Å². The minimum Gasteiger partial charge on any atom is -0.444 e. The summed E-state index contributed by atoms with van der Waals surface area (Å²) < 4.78 is 23.5. The third-order valence-corrected chi connectivity index (χ3v) is 2.75. The number of hydrogen-bond donors (Lipinski definition) is 1. The number of halogens is 1. The molecule has 0 aliphatic carbocycles. The molecule has 0 aliphatic rings. The molecular formula is C14H17FN2O2. The Morgan fingerprint density at radius 3 is 3.00 bits per heavy atom. The van der Waals surface area contributed by atoms with Gasteiger partial charge in [0.15, 0.2) is 0 Å². The molecule has 1 N–H and O–H groups in total. The Morgan fingerprint density at radius 2 is 2.26 bits per heavy atom. The molecule has 4 nitrogen and oxygen atoms in total. The zero-order valence-electron chi connectivity index (χ0n) is 11.1. The highest BCUT2D eigenvalue weighted by Crippen LogP contribution is 2.21. The lowest BCUT2D eigenvalue weighted by atomic mass is 10.1. The van der Waals surface area contributed by atoms with Gasteiger partial charge < -0.3 is 14.5 Å². The molecular weight excluding hydrogens is 247 g/mol. The summed E-state index contributed by atoms with van der Waals surface area (Å²) in [7, 11) is 1.66. The molecule has 1 heterocycles. The number of aryl methyl sites for hydroxylation is 1. The topological polar surface area (TPSA) is 47.3 Å². The summed E-state index contributed by atoms with van der Waals surface area (Å²) in [6.45, 7) is 3.75. The summed E-state index contributed by atoms with van der Waals surface area (Å²) in [6.07, 6.45) is 1.60. The van der Waals surface area contributed by atoms with Crippen LogP contribution < -0.4 is 5.32 Å². The van der Waals surface area contributed by atoms with Gasteiger partial charge in [0.05, 0.1) is 12.3 Å². The second-order valence-electron chi connectivity index (χ2n) is 4.28. The van der Waals surface area contributed by atoms with Gasteiger partial charge in [-0.25, -0.2) is 9.37 Å². The Labute approximate surface area is 111 Å². The van der Waals surface area contributed by atoms with Gasteiger partial charge in [-0.3, -0.25) is 0 Å². The van der Waals surface area contributed by atoms with E-state index in [0.29, 0.717) is 24.6 Å². The van der Waals surface area contributed by atoms with Crippen molar-refractivity contribution in [3.05, 3.63) is 41.5 Å². The molecule has 2 rings (SSSR count). The summed E-state index contributed by atoms with van der Waals surface area (Å²) in [6, 6.07) is 4.81. The highest BCUT2D eigenvalue weighted by atomic mass is 19.1. The Bertz CT molecular complexity index is 540. The highest BCUT2D eigenvalue weighted by Gasteiger charge is 2.08. The summed E-state index contributed by atoms with van der Waals surface area (Å²) in [5, 5.41) is 3.18. The molecule has 0 fully saturated rings. The largest absolute Gasteiger partial charge is 0.444 e. The van der Waals surface area contributed by atoms with E-state index in [2.05, 4.69) is 10.3 Å². The molecule has 19 heavy (non-hydrogen) atoms. The van der Waals surface area contributed by atoms with Crippen LogP contribution >= 0.6 is 0 Å². The summed E-state index contributed by atoms with van der Waals surface area (Å²) >= 11 is 0. The van der Waals surface area contributed by atoms with Crippen LogP contribution in [-0.4, -0.2) is 25.2 Å². The van der Waals surface area contributed by atoms with Crippen molar-refractivity contribution in [2.75, 3.05) is 20.3 Å². The van der Waals surface area contributed by atoms with Gasteiger partial charge in [-0.1, -0.05) is 0 Å². The van der Waals surface area contributed by atoms with E-state index in [1.807, 2.05) is 0 Å². The number of oxazole rings is 1. The zero-order valence-corrected chi connectivity index (χ0v) is 11.1. The molecule has 0 atom stereocenters. The Morgan fingerprint density at radius 1 is 1.42 bits per heavy atom. The Kier molecular flexibility index (Phi) is 4.65. The molecule has 0 aliphatic heterocycles. The molecule has 1 aromatic carbocycles. The molecule has 1 aromatic heterocycles. The maximum absolute atomic E-state index is 13.2. The molecule has 0 unspecified atom stereocenters. The van der Waals surface area contributed by atoms with E-state index in [1.165, 1.54) is 6.07 Å². The maximum Gasteiger partial charge on any atom is 0.226 e. The molecule has 102 valence electrons. The van der Waals surface area contributed by atoms with E-state index < -0.39 is 0 Å². The molecule has 0 radical (unpaired) electrons. The van der Waals surface area contributed by atoms with Gasteiger partial charge in [0.1, 0.15) is 12.1 Å². The standard InChI is InChI=1S/C14H17FN2O2/c1-10-7-11(3-4-13(10)15)14-17-12(9-19-14)8-16-5-6-18-2/h3-4,7,9,16H,5-6,8H2,1-2H3. The number of aromatic nitrogens is 1. The lowest BCUT2D eigenvalue weighted by molar-refractivity contribution is 0.199. The second-order valence-corrected chi connectivity index (χ2v) is 4.28. The Balaban J connectivity index is 2.01. The summed E-state index contributed by atoms with van der Waals surface area (Å²) in [5.74, 6) is 0.281. The summed E-state index contributed by atoms with van der Waals surface area (Å²) in [5.41, 5.74) is 2.17. The second kappa shape index (κ2) is 6.45. The van der Waals surface area contributed by atoms with Crippen LogP contribution in [0.25, 0.3) is 11.5 Å². The number of methoxy groups -OCH3 is 1. The van der Waals surface area contributed by atoms with E-state index in [-0.39, 0.29) is 5.82 Å². The van der Waals surface area contributed by atoms with Crippen LogP contribution in [0.2, 0.25) is 0 Å². The van der Waals surface area contributed by atoms with Gasteiger partial charge in [-0.05, 0) is 30.7 Å².